The fourth-order valence-corrected chi connectivity index (χ4v) is 4.20. The van der Waals surface area contributed by atoms with Crippen molar-refractivity contribution in [1.82, 2.24) is 14.7 Å². The third-order valence-electron chi connectivity index (χ3n) is 3.81. The van der Waals surface area contributed by atoms with Crippen LogP contribution in [-0.4, -0.2) is 23.5 Å². The van der Waals surface area contributed by atoms with Crippen molar-refractivity contribution >= 4 is 44.0 Å². The minimum Gasteiger partial charge on any atom is -0.505 e. The maximum absolute atomic E-state index is 12.5. The Hall–Kier alpha value is -2.84. The zero-order valence-electron chi connectivity index (χ0n) is 12.4. The first-order valence-electron chi connectivity index (χ1n) is 7.12. The Balaban J connectivity index is 2.01. The van der Waals surface area contributed by atoms with Crippen molar-refractivity contribution in [3.63, 3.8) is 0 Å². The molecule has 25 heavy (non-hydrogen) atoms. The number of sulfonamides is 1. The molecular weight excluding hydrogens is 366 g/mol. The van der Waals surface area contributed by atoms with Crippen molar-refractivity contribution in [2.24, 2.45) is 0 Å². The maximum Gasteiger partial charge on any atom is 0.262 e. The van der Waals surface area contributed by atoms with Gasteiger partial charge in [-0.15, -0.1) is 0 Å². The second-order valence-corrected chi connectivity index (χ2v) is 7.49. The molecule has 126 valence electrons. The molecule has 0 spiro atoms. The molecule has 0 atom stereocenters. The third kappa shape index (κ3) is 2.46. The van der Waals surface area contributed by atoms with Crippen LogP contribution in [0.4, 0.5) is 0 Å². The van der Waals surface area contributed by atoms with E-state index in [1.54, 1.807) is 24.3 Å². The average molecular weight is 376 g/mol. The minimum atomic E-state index is -3.98. The SMILES string of the molecule is O=c1[nH]c(C2=C(O)c3ccc(Cl)cc3S(=O)(=O)N2)nc2ccccc12. The van der Waals surface area contributed by atoms with Crippen LogP contribution in [0.25, 0.3) is 22.4 Å². The standard InChI is InChI=1S/C16H10ClN3O4S/c17-8-5-6-10-12(7-8)25(23,24)20-13(14(10)21)15-18-11-4-2-1-3-9(11)16(22)19-15/h1-7,20-21H,(H,18,19,22). The second kappa shape index (κ2) is 5.33. The number of rotatable bonds is 1. The highest BCUT2D eigenvalue weighted by molar-refractivity contribution is 7.90. The highest BCUT2D eigenvalue weighted by Gasteiger charge is 2.31. The summed E-state index contributed by atoms with van der Waals surface area (Å²) in [5, 5.41) is 11.1. The Labute approximate surface area is 146 Å². The Bertz CT molecular complexity index is 1230. The van der Waals surface area contributed by atoms with E-state index in [1.807, 2.05) is 0 Å². The lowest BCUT2D eigenvalue weighted by molar-refractivity contribution is 0.505. The lowest BCUT2D eigenvalue weighted by Crippen LogP contribution is -2.30. The van der Waals surface area contributed by atoms with Crippen molar-refractivity contribution in [2.45, 2.75) is 4.90 Å². The molecule has 0 amide bonds. The van der Waals surface area contributed by atoms with Crippen LogP contribution in [0.15, 0.2) is 52.2 Å². The predicted molar refractivity (Wildman–Crippen MR) is 93.6 cm³/mol. The van der Waals surface area contributed by atoms with Crippen LogP contribution in [0.3, 0.4) is 0 Å². The van der Waals surface area contributed by atoms with Crippen molar-refractivity contribution in [1.29, 1.82) is 0 Å². The molecule has 2 heterocycles. The first kappa shape index (κ1) is 15.7. The summed E-state index contributed by atoms with van der Waals surface area (Å²) in [6.45, 7) is 0. The smallest absolute Gasteiger partial charge is 0.262 e. The van der Waals surface area contributed by atoms with E-state index >= 15 is 0 Å². The maximum atomic E-state index is 12.5. The van der Waals surface area contributed by atoms with Gasteiger partial charge in [0.15, 0.2) is 11.6 Å². The third-order valence-corrected chi connectivity index (χ3v) is 5.44. The predicted octanol–water partition coefficient (Wildman–Crippen LogP) is 2.25. The summed E-state index contributed by atoms with van der Waals surface area (Å²) >= 11 is 5.84. The fourth-order valence-electron chi connectivity index (χ4n) is 2.65. The van der Waals surface area contributed by atoms with Gasteiger partial charge in [-0.25, -0.2) is 13.4 Å². The largest absolute Gasteiger partial charge is 0.505 e. The number of aliphatic hydroxyl groups is 1. The Morgan fingerprint density at radius 2 is 1.88 bits per heavy atom. The van der Waals surface area contributed by atoms with E-state index in [1.165, 1.54) is 18.2 Å². The summed E-state index contributed by atoms with van der Waals surface area (Å²) < 4.78 is 27.2. The van der Waals surface area contributed by atoms with Gasteiger partial charge in [0.25, 0.3) is 15.6 Å². The van der Waals surface area contributed by atoms with Gasteiger partial charge in [-0.2, -0.15) is 0 Å². The van der Waals surface area contributed by atoms with Crippen LogP contribution >= 0.6 is 11.6 Å². The molecule has 0 saturated carbocycles. The van der Waals surface area contributed by atoms with E-state index in [9.17, 15) is 18.3 Å². The topological polar surface area (TPSA) is 112 Å². The molecule has 3 aromatic rings. The van der Waals surface area contributed by atoms with Gasteiger partial charge in [-0.3, -0.25) is 9.52 Å². The van der Waals surface area contributed by atoms with Crippen LogP contribution in [0.2, 0.25) is 5.02 Å². The van der Waals surface area contributed by atoms with Gasteiger partial charge in [0.2, 0.25) is 0 Å². The molecule has 0 radical (unpaired) electrons. The summed E-state index contributed by atoms with van der Waals surface area (Å²) in [7, 11) is -3.98. The summed E-state index contributed by atoms with van der Waals surface area (Å²) in [4.78, 5) is 18.8. The molecule has 7 nitrogen and oxygen atoms in total. The molecule has 0 fully saturated rings. The van der Waals surface area contributed by atoms with E-state index in [4.69, 9.17) is 11.6 Å². The van der Waals surface area contributed by atoms with Gasteiger partial charge in [0.05, 0.1) is 15.8 Å². The molecule has 9 heteroatoms. The lowest BCUT2D eigenvalue weighted by atomic mass is 10.1. The van der Waals surface area contributed by atoms with Crippen LogP contribution in [0.1, 0.15) is 11.4 Å². The lowest BCUT2D eigenvalue weighted by Gasteiger charge is -2.21. The highest BCUT2D eigenvalue weighted by Crippen LogP contribution is 2.33. The number of para-hydroxylation sites is 1. The number of hydrogen-bond acceptors (Lipinski definition) is 5. The van der Waals surface area contributed by atoms with Gasteiger partial charge in [0.1, 0.15) is 5.70 Å². The minimum absolute atomic E-state index is 0.0777. The molecule has 1 aromatic heterocycles. The molecule has 1 aliphatic heterocycles. The first-order chi connectivity index (χ1) is 11.9. The zero-order valence-corrected chi connectivity index (χ0v) is 14.0. The molecule has 0 bridgehead atoms. The van der Waals surface area contributed by atoms with E-state index in [-0.39, 0.29) is 32.8 Å². The van der Waals surface area contributed by atoms with Gasteiger partial charge < -0.3 is 10.1 Å². The molecule has 0 unspecified atom stereocenters. The number of aromatic nitrogens is 2. The molecule has 4 rings (SSSR count). The summed E-state index contributed by atoms with van der Waals surface area (Å²) in [5.41, 5.74) is -0.184. The quantitative estimate of drug-likeness (QED) is 0.604. The van der Waals surface area contributed by atoms with Crippen molar-refractivity contribution < 1.29 is 13.5 Å². The zero-order chi connectivity index (χ0) is 17.8. The number of nitrogens with one attached hydrogen (secondary N) is 2. The van der Waals surface area contributed by atoms with Crippen LogP contribution in [0.5, 0.6) is 0 Å². The van der Waals surface area contributed by atoms with E-state index in [2.05, 4.69) is 14.7 Å². The van der Waals surface area contributed by atoms with Crippen LogP contribution in [0, 0.1) is 0 Å². The van der Waals surface area contributed by atoms with Crippen molar-refractivity contribution in [3.8, 4) is 0 Å². The Kier molecular flexibility index (Phi) is 3.34. The molecule has 0 saturated heterocycles. The number of aromatic amines is 1. The number of hydrogen-bond donors (Lipinski definition) is 3. The molecule has 3 N–H and O–H groups in total. The molecule has 1 aliphatic rings. The van der Waals surface area contributed by atoms with Gasteiger partial charge in [-0.05, 0) is 30.3 Å². The van der Waals surface area contributed by atoms with Gasteiger partial charge >= 0.3 is 0 Å². The summed E-state index contributed by atoms with van der Waals surface area (Å²) in [6, 6.07) is 10.7. The van der Waals surface area contributed by atoms with Crippen molar-refractivity contribution in [2.75, 3.05) is 0 Å². The van der Waals surface area contributed by atoms with E-state index < -0.39 is 15.6 Å². The van der Waals surface area contributed by atoms with E-state index in [0.717, 1.165) is 0 Å². The molecular formula is C16H10ClN3O4S. The van der Waals surface area contributed by atoms with Gasteiger partial charge in [0, 0.05) is 10.6 Å². The van der Waals surface area contributed by atoms with Crippen LogP contribution < -0.4 is 10.3 Å². The number of halogens is 1. The van der Waals surface area contributed by atoms with E-state index in [0.29, 0.717) is 10.9 Å². The number of aliphatic hydroxyl groups excluding tert-OH is 1. The number of H-pyrrole nitrogens is 1. The fraction of sp³-hybridized carbons (Fsp3) is 0. The summed E-state index contributed by atoms with van der Waals surface area (Å²) in [6.07, 6.45) is 0. The summed E-state index contributed by atoms with van der Waals surface area (Å²) in [5.74, 6) is -0.426. The Morgan fingerprint density at radius 1 is 1.12 bits per heavy atom. The average Bonchev–Trinajstić information content (AvgIpc) is 2.58. The van der Waals surface area contributed by atoms with Crippen LogP contribution in [-0.2, 0) is 10.0 Å². The van der Waals surface area contributed by atoms with Crippen molar-refractivity contribution in [3.05, 3.63) is 69.2 Å². The number of benzene rings is 2. The normalized spacial score (nSPS) is 15.7. The Morgan fingerprint density at radius 3 is 2.68 bits per heavy atom. The first-order valence-corrected chi connectivity index (χ1v) is 8.98. The molecule has 0 aliphatic carbocycles. The second-order valence-electron chi connectivity index (χ2n) is 5.40. The number of fused-ring (bicyclic) bond motifs is 2. The number of nitrogens with zero attached hydrogens (tertiary/aromatic N) is 1. The molecule has 2 aromatic carbocycles. The highest BCUT2D eigenvalue weighted by atomic mass is 35.5. The monoisotopic (exact) mass is 375 g/mol. The van der Waals surface area contributed by atoms with Gasteiger partial charge in [-0.1, -0.05) is 23.7 Å².